The fourth-order valence-corrected chi connectivity index (χ4v) is 5.78. The minimum atomic E-state index is -3.73. The lowest BCUT2D eigenvalue weighted by molar-refractivity contribution is -0.132. The molecule has 1 aromatic heterocycles. The number of rotatable bonds is 5. The second-order valence-corrected chi connectivity index (χ2v) is 9.71. The van der Waals surface area contributed by atoms with E-state index in [1.807, 2.05) is 18.2 Å². The number of amides is 1. The summed E-state index contributed by atoms with van der Waals surface area (Å²) in [6.07, 6.45) is 1.62. The number of piperazine rings is 1. The van der Waals surface area contributed by atoms with Gasteiger partial charge in [-0.15, -0.1) is 0 Å². The van der Waals surface area contributed by atoms with Crippen LogP contribution in [-0.4, -0.2) is 67.4 Å². The molecule has 1 aliphatic rings. The molecule has 1 saturated heterocycles. The lowest BCUT2D eigenvalue weighted by atomic mass is 10.2. The van der Waals surface area contributed by atoms with E-state index in [4.69, 9.17) is 16.3 Å². The first-order chi connectivity index (χ1) is 15.3. The number of carbonyl (C=O) groups excluding carboxylic acids is 2. The molecule has 10 heteroatoms. The first-order valence-electron chi connectivity index (χ1n) is 10.0. The van der Waals surface area contributed by atoms with Gasteiger partial charge in [0.1, 0.15) is 11.4 Å². The molecule has 168 valence electrons. The number of sulfonamides is 1. The largest absolute Gasteiger partial charge is 0.465 e. The quantitative estimate of drug-likeness (QED) is 0.529. The number of hydrogen-bond acceptors (Lipinski definition) is 5. The summed E-state index contributed by atoms with van der Waals surface area (Å²) >= 11 is 6.07. The zero-order valence-electron chi connectivity index (χ0n) is 17.4. The standard InChI is InChI=1S/C22H22ClN3O5S/c1-31-22(28)17-14-25(19-8-4-2-6-16(17)19)15-21(27)24-10-12-26(13-11-24)32(29,30)20-9-5-3-7-18(20)23/h2-9,14H,10-13,15H2,1H3. The number of methoxy groups -OCH3 is 1. The van der Waals surface area contributed by atoms with Crippen LogP contribution in [0.1, 0.15) is 10.4 Å². The Morgan fingerprint density at radius 1 is 1.00 bits per heavy atom. The summed E-state index contributed by atoms with van der Waals surface area (Å²) in [6, 6.07) is 13.6. The van der Waals surface area contributed by atoms with Crippen molar-refractivity contribution in [3.8, 4) is 0 Å². The molecule has 3 aromatic rings. The minimum absolute atomic E-state index is 0.0365. The highest BCUT2D eigenvalue weighted by Gasteiger charge is 2.31. The van der Waals surface area contributed by atoms with Crippen molar-refractivity contribution in [3.05, 3.63) is 65.3 Å². The third-order valence-corrected chi connectivity index (χ3v) is 7.94. The van der Waals surface area contributed by atoms with Gasteiger partial charge in [0, 0.05) is 43.3 Å². The Morgan fingerprint density at radius 2 is 1.66 bits per heavy atom. The van der Waals surface area contributed by atoms with Crippen molar-refractivity contribution in [3.63, 3.8) is 0 Å². The second kappa shape index (κ2) is 8.93. The molecule has 0 spiro atoms. The maximum atomic E-state index is 12.9. The van der Waals surface area contributed by atoms with Gasteiger partial charge in [-0.25, -0.2) is 13.2 Å². The van der Waals surface area contributed by atoms with Gasteiger partial charge in [-0.2, -0.15) is 4.31 Å². The summed E-state index contributed by atoms with van der Waals surface area (Å²) in [5, 5.41) is 0.884. The third kappa shape index (κ3) is 4.11. The molecule has 2 aromatic carbocycles. The first-order valence-corrected chi connectivity index (χ1v) is 11.8. The van der Waals surface area contributed by atoms with Crippen molar-refractivity contribution >= 4 is 44.4 Å². The molecule has 0 aliphatic carbocycles. The molecular weight excluding hydrogens is 454 g/mol. The molecule has 0 atom stereocenters. The van der Waals surface area contributed by atoms with Crippen LogP contribution in [0, 0.1) is 0 Å². The van der Waals surface area contributed by atoms with E-state index in [1.165, 1.54) is 23.5 Å². The molecule has 0 bridgehead atoms. The van der Waals surface area contributed by atoms with Gasteiger partial charge in [0.2, 0.25) is 15.9 Å². The van der Waals surface area contributed by atoms with Crippen LogP contribution in [0.25, 0.3) is 10.9 Å². The van der Waals surface area contributed by atoms with Gasteiger partial charge in [-0.05, 0) is 18.2 Å². The Labute approximate surface area is 191 Å². The number of carbonyl (C=O) groups is 2. The Balaban J connectivity index is 1.47. The molecule has 1 amide bonds. The Hall–Kier alpha value is -2.88. The lowest BCUT2D eigenvalue weighted by Gasteiger charge is -2.34. The van der Waals surface area contributed by atoms with Gasteiger partial charge in [0.05, 0.1) is 17.7 Å². The first kappa shape index (κ1) is 22.3. The molecule has 0 N–H and O–H groups in total. The van der Waals surface area contributed by atoms with Crippen LogP contribution in [0.5, 0.6) is 0 Å². The van der Waals surface area contributed by atoms with Gasteiger partial charge in [-0.3, -0.25) is 4.79 Å². The maximum Gasteiger partial charge on any atom is 0.340 e. The SMILES string of the molecule is COC(=O)c1cn(CC(=O)N2CCN(S(=O)(=O)c3ccccc3Cl)CC2)c2ccccc12. The van der Waals surface area contributed by atoms with Crippen LogP contribution in [0.3, 0.4) is 0 Å². The number of para-hydroxylation sites is 1. The Bertz CT molecular complexity index is 1280. The Morgan fingerprint density at radius 3 is 2.34 bits per heavy atom. The molecule has 32 heavy (non-hydrogen) atoms. The van der Waals surface area contributed by atoms with Crippen LogP contribution >= 0.6 is 11.6 Å². The number of esters is 1. The predicted molar refractivity (Wildman–Crippen MR) is 120 cm³/mol. The van der Waals surface area contributed by atoms with E-state index in [2.05, 4.69) is 0 Å². The average molecular weight is 476 g/mol. The number of nitrogens with zero attached hydrogens (tertiary/aromatic N) is 3. The topological polar surface area (TPSA) is 88.9 Å². The summed E-state index contributed by atoms with van der Waals surface area (Å²) in [5.41, 5.74) is 1.15. The van der Waals surface area contributed by atoms with Crippen molar-refractivity contribution in [2.24, 2.45) is 0 Å². The van der Waals surface area contributed by atoms with Crippen molar-refractivity contribution in [2.45, 2.75) is 11.4 Å². The number of halogens is 1. The third-order valence-electron chi connectivity index (χ3n) is 5.55. The minimum Gasteiger partial charge on any atom is -0.465 e. The zero-order valence-corrected chi connectivity index (χ0v) is 19.0. The second-order valence-electron chi connectivity index (χ2n) is 7.39. The lowest BCUT2D eigenvalue weighted by Crippen LogP contribution is -2.51. The number of aromatic nitrogens is 1. The molecular formula is C22H22ClN3O5S. The summed E-state index contributed by atoms with van der Waals surface area (Å²) in [5.74, 6) is -0.622. The van der Waals surface area contributed by atoms with Gasteiger partial charge in [0.15, 0.2) is 0 Å². The number of ether oxygens (including phenoxy) is 1. The molecule has 0 saturated carbocycles. The van der Waals surface area contributed by atoms with Gasteiger partial charge >= 0.3 is 5.97 Å². The molecule has 4 rings (SSSR count). The van der Waals surface area contributed by atoms with E-state index in [1.54, 1.807) is 33.9 Å². The van der Waals surface area contributed by atoms with E-state index in [0.717, 1.165) is 5.52 Å². The van der Waals surface area contributed by atoms with E-state index >= 15 is 0 Å². The van der Waals surface area contributed by atoms with Crippen LogP contribution < -0.4 is 0 Å². The van der Waals surface area contributed by atoms with E-state index in [9.17, 15) is 18.0 Å². The van der Waals surface area contributed by atoms with Crippen LogP contribution in [0.2, 0.25) is 5.02 Å². The highest BCUT2D eigenvalue weighted by atomic mass is 35.5. The maximum absolute atomic E-state index is 12.9. The molecule has 0 radical (unpaired) electrons. The molecule has 8 nitrogen and oxygen atoms in total. The smallest absolute Gasteiger partial charge is 0.340 e. The highest BCUT2D eigenvalue weighted by Crippen LogP contribution is 2.26. The predicted octanol–water partition coefficient (Wildman–Crippen LogP) is 2.61. The molecule has 2 heterocycles. The summed E-state index contributed by atoms with van der Waals surface area (Å²) in [7, 11) is -2.42. The van der Waals surface area contributed by atoms with E-state index in [-0.39, 0.29) is 48.5 Å². The normalized spacial score (nSPS) is 15.1. The molecule has 1 fully saturated rings. The number of fused-ring (bicyclic) bond motifs is 1. The van der Waals surface area contributed by atoms with E-state index in [0.29, 0.717) is 10.9 Å². The van der Waals surface area contributed by atoms with Crippen LogP contribution in [0.4, 0.5) is 0 Å². The fraction of sp³-hybridized carbons (Fsp3) is 0.273. The Kier molecular flexibility index (Phi) is 6.23. The zero-order chi connectivity index (χ0) is 22.9. The van der Waals surface area contributed by atoms with Crippen molar-refractivity contribution < 1.29 is 22.7 Å². The van der Waals surface area contributed by atoms with Gasteiger partial charge < -0.3 is 14.2 Å². The monoisotopic (exact) mass is 475 g/mol. The molecule has 1 aliphatic heterocycles. The summed E-state index contributed by atoms with van der Waals surface area (Å²) in [4.78, 5) is 26.7. The molecule has 0 unspecified atom stereocenters. The van der Waals surface area contributed by atoms with Crippen LogP contribution in [-0.2, 0) is 26.1 Å². The summed E-state index contributed by atoms with van der Waals surface area (Å²) in [6.45, 7) is 0.935. The number of benzene rings is 2. The summed E-state index contributed by atoms with van der Waals surface area (Å²) < 4.78 is 33.7. The van der Waals surface area contributed by atoms with Crippen molar-refractivity contribution in [2.75, 3.05) is 33.3 Å². The van der Waals surface area contributed by atoms with Crippen molar-refractivity contribution in [1.82, 2.24) is 13.8 Å². The fourth-order valence-electron chi connectivity index (χ4n) is 3.87. The van der Waals surface area contributed by atoms with E-state index < -0.39 is 16.0 Å². The van der Waals surface area contributed by atoms with Gasteiger partial charge in [-0.1, -0.05) is 41.9 Å². The van der Waals surface area contributed by atoms with Crippen LogP contribution in [0.15, 0.2) is 59.6 Å². The van der Waals surface area contributed by atoms with Gasteiger partial charge in [0.25, 0.3) is 0 Å². The average Bonchev–Trinajstić information content (AvgIpc) is 3.17. The number of hydrogen-bond donors (Lipinski definition) is 0. The highest BCUT2D eigenvalue weighted by molar-refractivity contribution is 7.89. The van der Waals surface area contributed by atoms with Crippen molar-refractivity contribution in [1.29, 1.82) is 0 Å².